The predicted molar refractivity (Wildman–Crippen MR) is 119 cm³/mol. The Morgan fingerprint density at radius 1 is 0.786 bits per heavy atom. The van der Waals surface area contributed by atoms with Crippen molar-refractivity contribution in [3.8, 4) is 0 Å². The van der Waals surface area contributed by atoms with Crippen LogP contribution in [0.4, 0.5) is 0 Å². The van der Waals surface area contributed by atoms with Crippen LogP contribution in [0.15, 0.2) is 0 Å². The predicted octanol–water partition coefficient (Wildman–Crippen LogP) is 3.43. The van der Waals surface area contributed by atoms with Crippen LogP contribution in [0.3, 0.4) is 0 Å². The quantitative estimate of drug-likeness (QED) is 0.797. The third-order valence-corrected chi connectivity index (χ3v) is 8.68. The van der Waals surface area contributed by atoms with Crippen molar-refractivity contribution in [2.45, 2.75) is 83.7 Å². The topological polar surface area (TPSA) is 21.8 Å². The lowest BCUT2D eigenvalue weighted by Crippen LogP contribution is -2.52. The van der Waals surface area contributed by atoms with Crippen LogP contribution in [0.5, 0.6) is 0 Å². The van der Waals surface area contributed by atoms with Crippen molar-refractivity contribution in [1.29, 1.82) is 0 Å². The Balaban J connectivity index is 1.18. The second kappa shape index (κ2) is 8.91. The Bertz CT molecular complexity index is 467. The van der Waals surface area contributed by atoms with Crippen LogP contribution in [0.25, 0.3) is 0 Å². The zero-order valence-corrected chi connectivity index (χ0v) is 19.0. The number of piperidine rings is 2. The molecule has 1 spiro atoms. The summed E-state index contributed by atoms with van der Waals surface area (Å²) in [6.07, 6.45) is 11.7. The third-order valence-electron chi connectivity index (χ3n) is 8.68. The lowest BCUT2D eigenvalue weighted by Gasteiger charge is -2.51. The number of nitrogens with one attached hydrogen (secondary N) is 1. The maximum Gasteiger partial charge on any atom is 0.0125 e. The van der Waals surface area contributed by atoms with E-state index in [2.05, 4.69) is 40.8 Å². The Morgan fingerprint density at radius 2 is 1.39 bits per heavy atom. The number of hydrogen-bond acceptors (Lipinski definition) is 4. The van der Waals surface area contributed by atoms with Crippen LogP contribution in [-0.2, 0) is 0 Å². The van der Waals surface area contributed by atoms with E-state index in [9.17, 15) is 0 Å². The molecule has 4 rings (SSSR count). The average molecular weight is 391 g/mol. The van der Waals surface area contributed by atoms with Crippen molar-refractivity contribution >= 4 is 0 Å². The molecule has 1 N–H and O–H groups in total. The molecule has 0 aromatic rings. The van der Waals surface area contributed by atoms with E-state index < -0.39 is 0 Å². The fourth-order valence-electron chi connectivity index (χ4n) is 6.49. The van der Waals surface area contributed by atoms with E-state index in [0.29, 0.717) is 11.0 Å². The number of hydrogen-bond donors (Lipinski definition) is 1. The first-order valence-electron chi connectivity index (χ1n) is 12.4. The number of nitrogens with zero attached hydrogens (tertiary/aromatic N) is 3. The second-order valence-corrected chi connectivity index (χ2v) is 11.4. The molecule has 1 aliphatic carbocycles. The molecule has 162 valence electrons. The van der Waals surface area contributed by atoms with E-state index in [0.717, 1.165) is 12.0 Å². The molecule has 0 atom stereocenters. The molecule has 0 bridgehead atoms. The molecule has 3 saturated heterocycles. The summed E-state index contributed by atoms with van der Waals surface area (Å²) < 4.78 is 0. The van der Waals surface area contributed by atoms with Crippen LogP contribution < -0.4 is 5.32 Å². The summed E-state index contributed by atoms with van der Waals surface area (Å²) >= 11 is 0. The highest BCUT2D eigenvalue weighted by Gasteiger charge is 2.41. The SMILES string of the molecule is CC(C)(C)N1CCC2(CCC(N3CCC(CN4CCNCC4)CC3)CC2)CC1. The Hall–Kier alpha value is -0.160. The summed E-state index contributed by atoms with van der Waals surface area (Å²) in [4.78, 5) is 8.30. The van der Waals surface area contributed by atoms with Gasteiger partial charge in [0.15, 0.2) is 0 Å². The van der Waals surface area contributed by atoms with Gasteiger partial charge >= 0.3 is 0 Å². The molecule has 0 amide bonds. The monoisotopic (exact) mass is 390 g/mol. The van der Waals surface area contributed by atoms with E-state index in [4.69, 9.17) is 0 Å². The first-order valence-corrected chi connectivity index (χ1v) is 12.4. The minimum Gasteiger partial charge on any atom is -0.314 e. The van der Waals surface area contributed by atoms with Gasteiger partial charge in [-0.05, 0) is 110 Å². The molecule has 0 aromatic carbocycles. The summed E-state index contributed by atoms with van der Waals surface area (Å²) in [5, 5.41) is 3.48. The molecular formula is C24H46N4. The van der Waals surface area contributed by atoms with Gasteiger partial charge in [0.25, 0.3) is 0 Å². The van der Waals surface area contributed by atoms with Crippen molar-refractivity contribution < 1.29 is 0 Å². The smallest absolute Gasteiger partial charge is 0.0125 e. The molecule has 4 aliphatic rings. The van der Waals surface area contributed by atoms with Gasteiger partial charge in [-0.3, -0.25) is 4.90 Å². The number of piperazine rings is 1. The van der Waals surface area contributed by atoms with Gasteiger partial charge in [0, 0.05) is 44.3 Å². The van der Waals surface area contributed by atoms with Gasteiger partial charge in [-0.25, -0.2) is 0 Å². The van der Waals surface area contributed by atoms with E-state index >= 15 is 0 Å². The summed E-state index contributed by atoms with van der Waals surface area (Å²) in [5.41, 5.74) is 1.05. The van der Waals surface area contributed by atoms with Gasteiger partial charge in [-0.1, -0.05) is 0 Å². The molecular weight excluding hydrogens is 344 g/mol. The zero-order chi connectivity index (χ0) is 19.6. The van der Waals surface area contributed by atoms with E-state index in [-0.39, 0.29) is 0 Å². The molecule has 28 heavy (non-hydrogen) atoms. The van der Waals surface area contributed by atoms with Crippen LogP contribution in [0, 0.1) is 11.3 Å². The van der Waals surface area contributed by atoms with Gasteiger partial charge in [0.05, 0.1) is 0 Å². The van der Waals surface area contributed by atoms with Gasteiger partial charge in [0.1, 0.15) is 0 Å². The molecule has 4 heteroatoms. The molecule has 1 saturated carbocycles. The maximum absolute atomic E-state index is 3.48. The lowest BCUT2D eigenvalue weighted by molar-refractivity contribution is -0.00273. The van der Waals surface area contributed by atoms with Gasteiger partial charge in [0.2, 0.25) is 0 Å². The Labute approximate surface area is 174 Å². The fourth-order valence-corrected chi connectivity index (χ4v) is 6.49. The normalized spacial score (nSPS) is 30.1. The van der Waals surface area contributed by atoms with E-state index in [1.54, 1.807) is 0 Å². The summed E-state index contributed by atoms with van der Waals surface area (Å²) in [6, 6.07) is 0.895. The molecule has 0 radical (unpaired) electrons. The summed E-state index contributed by atoms with van der Waals surface area (Å²) in [5.74, 6) is 0.950. The highest BCUT2D eigenvalue weighted by atomic mass is 15.2. The average Bonchev–Trinajstić information content (AvgIpc) is 2.70. The number of likely N-dealkylation sites (tertiary alicyclic amines) is 2. The summed E-state index contributed by atoms with van der Waals surface area (Å²) in [7, 11) is 0. The molecule has 0 unspecified atom stereocenters. The van der Waals surface area contributed by atoms with Crippen molar-refractivity contribution in [3.63, 3.8) is 0 Å². The second-order valence-electron chi connectivity index (χ2n) is 11.4. The maximum atomic E-state index is 3.48. The zero-order valence-electron chi connectivity index (χ0n) is 19.0. The minimum absolute atomic E-state index is 0.355. The highest BCUT2D eigenvalue weighted by molar-refractivity contribution is 4.95. The van der Waals surface area contributed by atoms with E-state index in [1.807, 2.05) is 0 Å². The fraction of sp³-hybridized carbons (Fsp3) is 1.00. The highest BCUT2D eigenvalue weighted by Crippen LogP contribution is 2.46. The van der Waals surface area contributed by atoms with Crippen LogP contribution in [0.1, 0.15) is 72.1 Å². The largest absolute Gasteiger partial charge is 0.314 e. The summed E-state index contributed by atoms with van der Waals surface area (Å²) in [6.45, 7) is 18.8. The first-order chi connectivity index (χ1) is 13.4. The van der Waals surface area contributed by atoms with E-state index in [1.165, 1.54) is 110 Å². The Morgan fingerprint density at radius 3 is 1.96 bits per heavy atom. The molecule has 4 fully saturated rings. The van der Waals surface area contributed by atoms with Crippen LogP contribution in [-0.4, -0.2) is 85.2 Å². The molecule has 4 nitrogen and oxygen atoms in total. The Kier molecular flexibility index (Phi) is 6.71. The van der Waals surface area contributed by atoms with Crippen molar-refractivity contribution in [2.24, 2.45) is 11.3 Å². The van der Waals surface area contributed by atoms with Crippen LogP contribution >= 0.6 is 0 Å². The molecule has 0 aromatic heterocycles. The van der Waals surface area contributed by atoms with Crippen molar-refractivity contribution in [3.05, 3.63) is 0 Å². The first kappa shape index (κ1) is 21.1. The lowest BCUT2D eigenvalue weighted by atomic mass is 9.66. The van der Waals surface area contributed by atoms with Gasteiger partial charge < -0.3 is 15.1 Å². The number of rotatable bonds is 3. The van der Waals surface area contributed by atoms with Gasteiger partial charge in [-0.15, -0.1) is 0 Å². The third kappa shape index (κ3) is 5.11. The minimum atomic E-state index is 0.355. The van der Waals surface area contributed by atoms with Gasteiger partial charge in [-0.2, -0.15) is 0 Å². The van der Waals surface area contributed by atoms with Crippen molar-refractivity contribution in [1.82, 2.24) is 20.0 Å². The van der Waals surface area contributed by atoms with Crippen molar-refractivity contribution in [2.75, 3.05) is 58.9 Å². The van der Waals surface area contributed by atoms with Crippen LogP contribution in [0.2, 0.25) is 0 Å². The standard InChI is InChI=1S/C24H46N4/c1-23(2,3)28-16-10-24(11-17-28)8-4-22(5-9-24)27-14-6-21(7-15-27)20-26-18-12-25-13-19-26/h21-22,25H,4-20H2,1-3H3. The molecule has 3 aliphatic heterocycles. The molecule has 3 heterocycles.